The first kappa shape index (κ1) is 17.6. The Hall–Kier alpha value is -2.26. The summed E-state index contributed by atoms with van der Waals surface area (Å²) in [5.41, 5.74) is 4.08. The van der Waals surface area contributed by atoms with Gasteiger partial charge in [0, 0.05) is 34.0 Å². The molecule has 1 heterocycles. The van der Waals surface area contributed by atoms with Gasteiger partial charge in [0.15, 0.2) is 0 Å². The van der Waals surface area contributed by atoms with Crippen LogP contribution in [0.25, 0.3) is 10.9 Å². The van der Waals surface area contributed by atoms with E-state index in [1.807, 2.05) is 36.5 Å². The van der Waals surface area contributed by atoms with Gasteiger partial charge in [-0.3, -0.25) is 0 Å². The van der Waals surface area contributed by atoms with Gasteiger partial charge in [0.05, 0.1) is 0 Å². The summed E-state index contributed by atoms with van der Waals surface area (Å²) >= 11 is 6.13. The number of fused-ring (bicyclic) bond motifs is 1. The molecule has 0 bridgehead atoms. The minimum Gasteiger partial charge on any atom is -0.550 e. The molecule has 3 nitrogen and oxygen atoms in total. The third-order valence-electron chi connectivity index (χ3n) is 4.60. The van der Waals surface area contributed by atoms with Gasteiger partial charge in [0.1, 0.15) is 0 Å². The molecule has 0 unspecified atom stereocenters. The Morgan fingerprint density at radius 3 is 2.44 bits per heavy atom. The van der Waals surface area contributed by atoms with Crippen LogP contribution in [0.2, 0.25) is 5.02 Å². The fraction of sp³-hybridized carbons (Fsp3) is 0.286. The number of nitrogens with one attached hydrogen (secondary N) is 1. The van der Waals surface area contributed by atoms with Gasteiger partial charge in [0.25, 0.3) is 0 Å². The summed E-state index contributed by atoms with van der Waals surface area (Å²) in [5, 5.41) is 12.9. The second kappa shape index (κ2) is 6.57. The van der Waals surface area contributed by atoms with Crippen LogP contribution in [0, 0.1) is 0 Å². The van der Waals surface area contributed by atoms with Crippen molar-refractivity contribution in [3.8, 4) is 0 Å². The number of rotatable bonds is 4. The van der Waals surface area contributed by atoms with Gasteiger partial charge in [-0.1, -0.05) is 56.6 Å². The molecule has 0 aliphatic rings. The minimum atomic E-state index is -1.07. The third kappa shape index (κ3) is 3.72. The van der Waals surface area contributed by atoms with Crippen LogP contribution in [0.1, 0.15) is 49.8 Å². The van der Waals surface area contributed by atoms with Crippen molar-refractivity contribution < 1.29 is 9.90 Å². The molecule has 2 aromatic carbocycles. The lowest BCUT2D eigenvalue weighted by Crippen LogP contribution is -2.25. The number of halogens is 1. The van der Waals surface area contributed by atoms with Crippen molar-refractivity contribution in [2.75, 3.05) is 0 Å². The summed E-state index contributed by atoms with van der Waals surface area (Å²) in [6.07, 6.45) is 1.79. The molecular formula is C21H21ClNO2-. The maximum Gasteiger partial charge on any atom is 0.0458 e. The van der Waals surface area contributed by atoms with Gasteiger partial charge in [-0.05, 0) is 46.7 Å². The molecular weight excluding hydrogens is 334 g/mol. The van der Waals surface area contributed by atoms with E-state index in [4.69, 9.17) is 11.6 Å². The highest BCUT2D eigenvalue weighted by Crippen LogP contribution is 2.35. The van der Waals surface area contributed by atoms with E-state index in [0.717, 1.165) is 22.0 Å². The number of H-pyrrole nitrogens is 1. The van der Waals surface area contributed by atoms with Crippen molar-refractivity contribution in [2.24, 2.45) is 0 Å². The topological polar surface area (TPSA) is 55.9 Å². The van der Waals surface area contributed by atoms with Gasteiger partial charge in [-0.25, -0.2) is 0 Å². The molecule has 0 saturated carbocycles. The lowest BCUT2D eigenvalue weighted by molar-refractivity contribution is -0.305. The first-order chi connectivity index (χ1) is 11.8. The van der Waals surface area contributed by atoms with Crippen LogP contribution in [0.5, 0.6) is 0 Å². The molecule has 1 aromatic heterocycles. The Morgan fingerprint density at radius 1 is 1.16 bits per heavy atom. The fourth-order valence-electron chi connectivity index (χ4n) is 3.19. The van der Waals surface area contributed by atoms with Crippen molar-refractivity contribution in [1.29, 1.82) is 0 Å². The number of carboxylic acid groups (broad SMARTS) is 1. The summed E-state index contributed by atoms with van der Waals surface area (Å²) in [6, 6.07) is 13.7. The maximum atomic E-state index is 11.4. The molecule has 3 rings (SSSR count). The molecule has 4 heteroatoms. The lowest BCUT2D eigenvalue weighted by atomic mass is 9.83. The summed E-state index contributed by atoms with van der Waals surface area (Å²) in [5.74, 6) is -1.35. The number of carbonyl (C=O) groups excluding carboxylic acids is 1. The van der Waals surface area contributed by atoms with E-state index in [0.29, 0.717) is 5.02 Å². The minimum absolute atomic E-state index is 0.0523. The van der Waals surface area contributed by atoms with Crippen LogP contribution in [-0.2, 0) is 10.2 Å². The Labute approximate surface area is 152 Å². The van der Waals surface area contributed by atoms with Crippen LogP contribution in [-0.4, -0.2) is 11.0 Å². The number of hydrogen-bond acceptors (Lipinski definition) is 2. The Kier molecular flexibility index (Phi) is 4.61. The SMILES string of the molecule is CC(C)(C)c1ccc([C@H](CC(=O)[O-])c2c[nH]c3ccc(Cl)cc23)cc1. The predicted octanol–water partition coefficient (Wildman–Crippen LogP) is 4.39. The Balaban J connectivity index is 2.08. The van der Waals surface area contributed by atoms with E-state index < -0.39 is 5.97 Å². The second-order valence-electron chi connectivity index (χ2n) is 7.43. The number of hydrogen-bond donors (Lipinski definition) is 1. The normalized spacial score (nSPS) is 13.1. The summed E-state index contributed by atoms with van der Waals surface area (Å²) in [7, 11) is 0. The van der Waals surface area contributed by atoms with Crippen molar-refractivity contribution in [3.05, 3.63) is 70.4 Å². The van der Waals surface area contributed by atoms with Crippen LogP contribution >= 0.6 is 11.6 Å². The van der Waals surface area contributed by atoms with E-state index in [1.54, 1.807) is 0 Å². The molecule has 0 radical (unpaired) electrons. The van der Waals surface area contributed by atoms with Crippen LogP contribution in [0.3, 0.4) is 0 Å². The molecule has 0 amide bonds. The molecule has 0 spiro atoms. The molecule has 1 N–H and O–H groups in total. The average molecular weight is 355 g/mol. The van der Waals surface area contributed by atoms with Crippen molar-refractivity contribution in [1.82, 2.24) is 4.98 Å². The number of aromatic nitrogens is 1. The van der Waals surface area contributed by atoms with Gasteiger partial charge >= 0.3 is 0 Å². The van der Waals surface area contributed by atoms with E-state index in [9.17, 15) is 9.90 Å². The van der Waals surface area contributed by atoms with Crippen molar-refractivity contribution in [3.63, 3.8) is 0 Å². The van der Waals surface area contributed by atoms with Crippen LogP contribution in [0.4, 0.5) is 0 Å². The molecule has 0 fully saturated rings. The fourth-order valence-corrected chi connectivity index (χ4v) is 3.36. The van der Waals surface area contributed by atoms with E-state index in [-0.39, 0.29) is 17.8 Å². The summed E-state index contributed by atoms with van der Waals surface area (Å²) in [6.45, 7) is 6.47. The predicted molar refractivity (Wildman–Crippen MR) is 99.9 cm³/mol. The standard InChI is InChI=1S/C21H22ClNO2/c1-21(2,3)14-6-4-13(5-7-14)16(11-20(24)25)18-12-23-19-9-8-15(22)10-17(18)19/h4-10,12,16,23H,11H2,1-3H3,(H,24,25)/p-1/t16-/m0/s1. The summed E-state index contributed by atoms with van der Waals surface area (Å²) in [4.78, 5) is 14.6. The molecule has 3 aromatic rings. The van der Waals surface area contributed by atoms with Gasteiger partial charge in [-0.2, -0.15) is 0 Å². The largest absolute Gasteiger partial charge is 0.550 e. The molecule has 1 atom stereocenters. The molecule has 0 aliphatic carbocycles. The zero-order valence-corrected chi connectivity index (χ0v) is 15.4. The van der Waals surface area contributed by atoms with Crippen LogP contribution < -0.4 is 5.11 Å². The maximum absolute atomic E-state index is 11.4. The number of benzene rings is 2. The number of aromatic amines is 1. The molecule has 130 valence electrons. The van der Waals surface area contributed by atoms with Gasteiger partial charge < -0.3 is 14.9 Å². The monoisotopic (exact) mass is 354 g/mol. The molecule has 0 saturated heterocycles. The zero-order chi connectivity index (χ0) is 18.2. The Morgan fingerprint density at radius 2 is 1.84 bits per heavy atom. The van der Waals surface area contributed by atoms with Crippen molar-refractivity contribution in [2.45, 2.75) is 38.5 Å². The number of carbonyl (C=O) groups is 1. The highest BCUT2D eigenvalue weighted by molar-refractivity contribution is 6.31. The van der Waals surface area contributed by atoms with E-state index >= 15 is 0 Å². The number of carboxylic acids is 1. The highest BCUT2D eigenvalue weighted by Gasteiger charge is 2.20. The summed E-state index contributed by atoms with van der Waals surface area (Å²) < 4.78 is 0. The lowest BCUT2D eigenvalue weighted by Gasteiger charge is -2.22. The van der Waals surface area contributed by atoms with Crippen LogP contribution in [0.15, 0.2) is 48.7 Å². The highest BCUT2D eigenvalue weighted by atomic mass is 35.5. The molecule has 25 heavy (non-hydrogen) atoms. The van der Waals surface area contributed by atoms with E-state index in [1.165, 1.54) is 5.56 Å². The zero-order valence-electron chi connectivity index (χ0n) is 14.6. The number of aliphatic carboxylic acids is 1. The van der Waals surface area contributed by atoms with E-state index in [2.05, 4.69) is 37.9 Å². The van der Waals surface area contributed by atoms with Gasteiger partial charge in [-0.15, -0.1) is 0 Å². The van der Waals surface area contributed by atoms with Gasteiger partial charge in [0.2, 0.25) is 0 Å². The molecule has 0 aliphatic heterocycles. The second-order valence-corrected chi connectivity index (χ2v) is 7.87. The first-order valence-corrected chi connectivity index (χ1v) is 8.70. The van der Waals surface area contributed by atoms with Crippen molar-refractivity contribution >= 4 is 28.5 Å². The average Bonchev–Trinajstić information content (AvgIpc) is 2.94. The smallest absolute Gasteiger partial charge is 0.0458 e. The quantitative estimate of drug-likeness (QED) is 0.755. The third-order valence-corrected chi connectivity index (χ3v) is 4.84. The first-order valence-electron chi connectivity index (χ1n) is 8.32. The Bertz CT molecular complexity index is 904.